The molecular formula is C20H23Cl2N3O2. The Morgan fingerprint density at radius 1 is 1.11 bits per heavy atom. The number of hydrogen-bond donors (Lipinski definition) is 3. The summed E-state index contributed by atoms with van der Waals surface area (Å²) in [5.74, 6) is -0.452. The summed E-state index contributed by atoms with van der Waals surface area (Å²) < 4.78 is 0. The highest BCUT2D eigenvalue weighted by molar-refractivity contribution is 6.30. The predicted molar refractivity (Wildman–Crippen MR) is 110 cm³/mol. The fourth-order valence-electron chi connectivity index (χ4n) is 2.98. The first-order chi connectivity index (χ1) is 12.6. The average molecular weight is 408 g/mol. The molecule has 5 nitrogen and oxygen atoms in total. The van der Waals surface area contributed by atoms with Gasteiger partial charge >= 0.3 is 0 Å². The van der Waals surface area contributed by atoms with Gasteiger partial charge in [0, 0.05) is 29.6 Å². The molecule has 1 fully saturated rings. The van der Waals surface area contributed by atoms with E-state index in [9.17, 15) is 9.59 Å². The van der Waals surface area contributed by atoms with E-state index in [1.165, 1.54) is 0 Å². The second-order valence-corrected chi connectivity index (χ2v) is 6.86. The first kappa shape index (κ1) is 21.2. The van der Waals surface area contributed by atoms with E-state index in [2.05, 4.69) is 16.0 Å². The molecule has 27 heavy (non-hydrogen) atoms. The van der Waals surface area contributed by atoms with E-state index >= 15 is 0 Å². The largest absolute Gasteiger partial charge is 0.350 e. The number of halogens is 2. The minimum Gasteiger partial charge on any atom is -0.350 e. The van der Waals surface area contributed by atoms with E-state index in [4.69, 9.17) is 11.6 Å². The highest BCUT2D eigenvalue weighted by Crippen LogP contribution is 2.11. The molecule has 7 heteroatoms. The fourth-order valence-corrected chi connectivity index (χ4v) is 3.11. The Kier molecular flexibility index (Phi) is 8.10. The number of carbonyl (C=O) groups is 2. The van der Waals surface area contributed by atoms with E-state index in [-0.39, 0.29) is 30.3 Å². The van der Waals surface area contributed by atoms with Crippen LogP contribution in [0.1, 0.15) is 22.3 Å². The van der Waals surface area contributed by atoms with Crippen molar-refractivity contribution in [3.05, 3.63) is 70.7 Å². The summed E-state index contributed by atoms with van der Waals surface area (Å²) in [4.78, 5) is 25.3. The van der Waals surface area contributed by atoms with Gasteiger partial charge in [0.05, 0.1) is 0 Å². The molecule has 1 aliphatic rings. The molecule has 0 saturated carbocycles. The van der Waals surface area contributed by atoms with Crippen molar-refractivity contribution < 1.29 is 9.59 Å². The molecular weight excluding hydrogens is 385 g/mol. The highest BCUT2D eigenvalue weighted by atomic mass is 35.5. The van der Waals surface area contributed by atoms with Gasteiger partial charge < -0.3 is 16.0 Å². The molecule has 3 N–H and O–H groups in total. The van der Waals surface area contributed by atoms with Gasteiger partial charge in [-0.2, -0.15) is 0 Å². The standard InChI is InChI=1S/C20H22ClN3O2.ClH/c21-16-8-6-15(7-9-16)19(25)24-18(12-14-4-2-1-3-5-14)20(26)23-17-10-11-22-13-17;/h1-9,17-18,22H,10-13H2,(H,23,26)(H,24,25);1H. The lowest BCUT2D eigenvalue weighted by Crippen LogP contribution is -2.51. The maximum absolute atomic E-state index is 12.7. The van der Waals surface area contributed by atoms with Crippen LogP contribution < -0.4 is 16.0 Å². The van der Waals surface area contributed by atoms with Crippen molar-refractivity contribution in [1.29, 1.82) is 0 Å². The summed E-state index contributed by atoms with van der Waals surface area (Å²) in [6.45, 7) is 1.65. The second-order valence-electron chi connectivity index (χ2n) is 6.42. The van der Waals surface area contributed by atoms with E-state index < -0.39 is 6.04 Å². The van der Waals surface area contributed by atoms with Crippen molar-refractivity contribution in [3.63, 3.8) is 0 Å². The number of carbonyl (C=O) groups excluding carboxylic acids is 2. The molecule has 2 unspecified atom stereocenters. The Labute approximate surface area is 170 Å². The van der Waals surface area contributed by atoms with Crippen molar-refractivity contribution in [2.24, 2.45) is 0 Å². The van der Waals surface area contributed by atoms with Crippen molar-refractivity contribution in [2.75, 3.05) is 13.1 Å². The third-order valence-corrected chi connectivity index (χ3v) is 4.67. The molecule has 2 amide bonds. The number of amides is 2. The Balaban J connectivity index is 0.00000261. The Morgan fingerprint density at radius 3 is 2.44 bits per heavy atom. The summed E-state index contributed by atoms with van der Waals surface area (Å²) in [7, 11) is 0. The maximum atomic E-state index is 12.7. The summed E-state index contributed by atoms with van der Waals surface area (Å²) >= 11 is 5.87. The lowest BCUT2D eigenvalue weighted by Gasteiger charge is -2.21. The average Bonchev–Trinajstić information content (AvgIpc) is 3.15. The Bertz CT molecular complexity index is 748. The zero-order valence-electron chi connectivity index (χ0n) is 14.8. The molecule has 1 aliphatic heterocycles. The third kappa shape index (κ3) is 6.24. The molecule has 0 aromatic heterocycles. The number of nitrogens with one attached hydrogen (secondary N) is 3. The molecule has 0 bridgehead atoms. The van der Waals surface area contributed by atoms with Crippen molar-refractivity contribution in [2.45, 2.75) is 24.9 Å². The van der Waals surface area contributed by atoms with E-state index in [1.807, 2.05) is 30.3 Å². The van der Waals surface area contributed by atoms with E-state index in [1.54, 1.807) is 24.3 Å². The molecule has 0 spiro atoms. The first-order valence-corrected chi connectivity index (χ1v) is 9.11. The van der Waals surface area contributed by atoms with Gasteiger partial charge in [-0.3, -0.25) is 9.59 Å². The second kappa shape index (κ2) is 10.3. The van der Waals surface area contributed by atoms with Gasteiger partial charge in [0.15, 0.2) is 0 Å². The van der Waals surface area contributed by atoms with Gasteiger partial charge in [0.1, 0.15) is 6.04 Å². The SMILES string of the molecule is Cl.O=C(NC(Cc1ccccc1)C(=O)NC1CCNC1)c1ccc(Cl)cc1. The van der Waals surface area contributed by atoms with Crippen LogP contribution in [-0.2, 0) is 11.2 Å². The lowest BCUT2D eigenvalue weighted by atomic mass is 10.0. The zero-order valence-corrected chi connectivity index (χ0v) is 16.4. The zero-order chi connectivity index (χ0) is 18.4. The summed E-state index contributed by atoms with van der Waals surface area (Å²) in [5, 5.41) is 9.68. The summed E-state index contributed by atoms with van der Waals surface area (Å²) in [6.07, 6.45) is 1.33. The molecule has 3 rings (SSSR count). The van der Waals surface area contributed by atoms with Crippen LogP contribution in [0.2, 0.25) is 5.02 Å². The van der Waals surface area contributed by atoms with E-state index in [0.717, 1.165) is 25.1 Å². The number of hydrogen-bond acceptors (Lipinski definition) is 3. The maximum Gasteiger partial charge on any atom is 0.251 e. The number of rotatable bonds is 6. The molecule has 0 aliphatic carbocycles. The van der Waals surface area contributed by atoms with Crippen molar-refractivity contribution in [3.8, 4) is 0 Å². The quantitative estimate of drug-likeness (QED) is 0.688. The topological polar surface area (TPSA) is 70.2 Å². The fraction of sp³-hybridized carbons (Fsp3) is 0.300. The van der Waals surface area contributed by atoms with Crippen LogP contribution in [-0.4, -0.2) is 37.0 Å². The Hall–Kier alpha value is -2.08. The van der Waals surface area contributed by atoms with Gasteiger partial charge in [-0.25, -0.2) is 0 Å². The summed E-state index contributed by atoms with van der Waals surface area (Å²) in [5.41, 5.74) is 1.47. The normalized spacial score (nSPS) is 16.9. The monoisotopic (exact) mass is 407 g/mol. The number of benzene rings is 2. The van der Waals surface area contributed by atoms with Crippen molar-refractivity contribution in [1.82, 2.24) is 16.0 Å². The molecule has 2 aromatic carbocycles. The van der Waals surface area contributed by atoms with Gasteiger partial charge in [0.25, 0.3) is 5.91 Å². The highest BCUT2D eigenvalue weighted by Gasteiger charge is 2.25. The van der Waals surface area contributed by atoms with Crippen LogP contribution in [0.5, 0.6) is 0 Å². The van der Waals surface area contributed by atoms with Crippen molar-refractivity contribution >= 4 is 35.8 Å². The minimum absolute atomic E-state index is 0. The van der Waals surface area contributed by atoms with Crippen LogP contribution in [0.3, 0.4) is 0 Å². The lowest BCUT2D eigenvalue weighted by molar-refractivity contribution is -0.123. The van der Waals surface area contributed by atoms with Crippen LogP contribution in [0.4, 0.5) is 0 Å². The van der Waals surface area contributed by atoms with Gasteiger partial charge in [-0.1, -0.05) is 41.9 Å². The van der Waals surface area contributed by atoms with Crippen LogP contribution >= 0.6 is 24.0 Å². The smallest absolute Gasteiger partial charge is 0.251 e. The van der Waals surface area contributed by atoms with Crippen LogP contribution in [0.25, 0.3) is 0 Å². The predicted octanol–water partition coefficient (Wildman–Crippen LogP) is 2.58. The molecule has 144 valence electrons. The minimum atomic E-state index is -0.638. The molecule has 1 heterocycles. The van der Waals surface area contributed by atoms with E-state index in [0.29, 0.717) is 17.0 Å². The van der Waals surface area contributed by atoms with Crippen LogP contribution in [0.15, 0.2) is 54.6 Å². The Morgan fingerprint density at radius 2 is 1.81 bits per heavy atom. The van der Waals surface area contributed by atoms with Gasteiger partial charge in [-0.15, -0.1) is 12.4 Å². The molecule has 2 atom stereocenters. The molecule has 1 saturated heterocycles. The van der Waals surface area contributed by atoms with Crippen LogP contribution in [0, 0.1) is 0 Å². The summed E-state index contributed by atoms with van der Waals surface area (Å²) in [6, 6.07) is 15.8. The first-order valence-electron chi connectivity index (χ1n) is 8.73. The third-order valence-electron chi connectivity index (χ3n) is 4.42. The van der Waals surface area contributed by atoms with Gasteiger partial charge in [0.2, 0.25) is 5.91 Å². The van der Waals surface area contributed by atoms with Gasteiger partial charge in [-0.05, 0) is 42.8 Å². The molecule has 0 radical (unpaired) electrons. The molecule has 2 aromatic rings.